The summed E-state index contributed by atoms with van der Waals surface area (Å²) in [6.45, 7) is 10.4. The van der Waals surface area contributed by atoms with Crippen LogP contribution in [-0.2, 0) is 12.8 Å². The highest BCUT2D eigenvalue weighted by Crippen LogP contribution is 2.35. The molecule has 0 aliphatic carbocycles. The average Bonchev–Trinajstić information content (AvgIpc) is 2.53. The predicted molar refractivity (Wildman–Crippen MR) is 111 cm³/mol. The molecule has 0 radical (unpaired) electrons. The Bertz CT molecular complexity index is 708. The first-order chi connectivity index (χ1) is 12.6. The van der Waals surface area contributed by atoms with Gasteiger partial charge in [-0.2, -0.15) is 0 Å². The summed E-state index contributed by atoms with van der Waals surface area (Å²) in [6, 6.07) is 1.51. The Labute approximate surface area is 163 Å². The van der Waals surface area contributed by atoms with E-state index < -0.39 is 5.97 Å². The summed E-state index contributed by atoms with van der Waals surface area (Å²) in [5, 5.41) is 30.4. The zero-order chi connectivity index (χ0) is 20.6. The van der Waals surface area contributed by atoms with E-state index in [1.54, 1.807) is 0 Å². The number of phenolic OH excluding ortho intramolecular Hbond substituents is 1. The third kappa shape index (κ3) is 7.49. The minimum Gasteiger partial charge on any atom is -0.508 e. The summed E-state index contributed by atoms with van der Waals surface area (Å²) in [5.41, 5.74) is 3.11. The maximum Gasteiger partial charge on any atom is 0.339 e. The molecule has 0 aromatic heterocycles. The van der Waals surface area contributed by atoms with Crippen LogP contribution in [0.4, 0.5) is 0 Å². The number of aromatic hydroxyl groups is 2. The van der Waals surface area contributed by atoms with Crippen LogP contribution < -0.4 is 0 Å². The molecule has 1 rings (SSSR count). The van der Waals surface area contributed by atoms with Crippen LogP contribution in [0, 0.1) is 5.92 Å². The number of benzene rings is 1. The van der Waals surface area contributed by atoms with Crippen LogP contribution in [0.5, 0.6) is 11.5 Å². The van der Waals surface area contributed by atoms with E-state index in [2.05, 4.69) is 33.8 Å². The molecule has 0 unspecified atom stereocenters. The Morgan fingerprint density at radius 2 is 1.81 bits per heavy atom. The number of allylic oxidation sites excluding steroid dienone is 4. The molecule has 4 nitrogen and oxygen atoms in total. The lowest BCUT2D eigenvalue weighted by Gasteiger charge is -2.14. The zero-order valence-electron chi connectivity index (χ0n) is 17.3. The summed E-state index contributed by atoms with van der Waals surface area (Å²) in [5.74, 6) is -0.974. The molecule has 0 aliphatic rings. The van der Waals surface area contributed by atoms with Crippen LogP contribution in [0.3, 0.4) is 0 Å². The second-order valence-electron chi connectivity index (χ2n) is 7.92. The highest BCUT2D eigenvalue weighted by atomic mass is 16.4. The van der Waals surface area contributed by atoms with Gasteiger partial charge in [0.05, 0.1) is 0 Å². The molecule has 0 bridgehead atoms. The van der Waals surface area contributed by atoms with E-state index in [1.807, 2.05) is 13.0 Å². The first-order valence-electron chi connectivity index (χ1n) is 9.72. The van der Waals surface area contributed by atoms with Crippen molar-refractivity contribution in [1.82, 2.24) is 0 Å². The van der Waals surface area contributed by atoms with Gasteiger partial charge < -0.3 is 15.3 Å². The van der Waals surface area contributed by atoms with Crippen LogP contribution in [-0.4, -0.2) is 21.3 Å². The lowest BCUT2D eigenvalue weighted by molar-refractivity contribution is 0.0692. The van der Waals surface area contributed by atoms with E-state index in [0.29, 0.717) is 24.3 Å². The van der Waals surface area contributed by atoms with Gasteiger partial charge in [0.1, 0.15) is 17.1 Å². The minimum absolute atomic E-state index is 0.0367. The van der Waals surface area contributed by atoms with E-state index in [1.165, 1.54) is 11.6 Å². The van der Waals surface area contributed by atoms with Crippen molar-refractivity contribution >= 4 is 5.97 Å². The molecule has 27 heavy (non-hydrogen) atoms. The number of hydrogen-bond donors (Lipinski definition) is 3. The topological polar surface area (TPSA) is 77.8 Å². The summed E-state index contributed by atoms with van der Waals surface area (Å²) in [4.78, 5) is 11.7. The number of aryl methyl sites for hydroxylation is 1. The molecule has 0 amide bonds. The molecule has 150 valence electrons. The van der Waals surface area contributed by atoms with Crippen LogP contribution in [0.25, 0.3) is 0 Å². The molecular formula is C23H34O4. The largest absolute Gasteiger partial charge is 0.508 e. The highest BCUT2D eigenvalue weighted by molar-refractivity contribution is 5.93. The summed E-state index contributed by atoms with van der Waals surface area (Å²) >= 11 is 0. The lowest BCUT2D eigenvalue weighted by Crippen LogP contribution is -2.06. The maximum absolute atomic E-state index is 11.7. The fraction of sp³-hybridized carbons (Fsp3) is 0.522. The molecule has 1 aromatic rings. The van der Waals surface area contributed by atoms with Gasteiger partial charge in [0.2, 0.25) is 0 Å². The van der Waals surface area contributed by atoms with Crippen molar-refractivity contribution in [2.75, 3.05) is 0 Å². The predicted octanol–water partition coefficient (Wildman–Crippen LogP) is 6.01. The molecule has 0 saturated heterocycles. The third-order valence-electron chi connectivity index (χ3n) is 4.65. The van der Waals surface area contributed by atoms with Gasteiger partial charge in [-0.15, -0.1) is 0 Å². The quantitative estimate of drug-likeness (QED) is 0.438. The van der Waals surface area contributed by atoms with Crippen molar-refractivity contribution in [3.05, 3.63) is 46.1 Å². The second-order valence-corrected chi connectivity index (χ2v) is 7.92. The molecule has 4 heteroatoms. The number of rotatable bonds is 10. The molecule has 3 N–H and O–H groups in total. The summed E-state index contributed by atoms with van der Waals surface area (Å²) in [6.07, 6.45) is 8.57. The number of carboxylic acids is 1. The molecule has 0 spiro atoms. The molecule has 1 aromatic carbocycles. The van der Waals surface area contributed by atoms with Gasteiger partial charge in [0.15, 0.2) is 0 Å². The van der Waals surface area contributed by atoms with Gasteiger partial charge in [0.25, 0.3) is 0 Å². The zero-order valence-corrected chi connectivity index (χ0v) is 17.3. The Morgan fingerprint density at radius 3 is 2.37 bits per heavy atom. The number of aromatic carboxylic acids is 1. The number of phenols is 2. The molecular weight excluding hydrogens is 340 g/mol. The van der Waals surface area contributed by atoms with Gasteiger partial charge >= 0.3 is 5.97 Å². The average molecular weight is 375 g/mol. The van der Waals surface area contributed by atoms with Crippen molar-refractivity contribution in [3.63, 3.8) is 0 Å². The normalized spacial score (nSPS) is 11.7. The Kier molecular flexibility index (Phi) is 9.13. The monoisotopic (exact) mass is 374 g/mol. The van der Waals surface area contributed by atoms with E-state index in [4.69, 9.17) is 0 Å². The second kappa shape index (κ2) is 10.8. The molecule has 0 aliphatic heterocycles. The molecule has 0 saturated carbocycles. The SMILES string of the molecule is CC(C)=CCC/C(C)=C/Cc1c(O)cc(CCCC(C)C)c(C(=O)O)c1O. The smallest absolute Gasteiger partial charge is 0.339 e. The number of carboxylic acid groups (broad SMARTS) is 1. The third-order valence-corrected chi connectivity index (χ3v) is 4.65. The maximum atomic E-state index is 11.7. The summed E-state index contributed by atoms with van der Waals surface area (Å²) < 4.78 is 0. The molecule has 0 atom stereocenters. The minimum atomic E-state index is -1.16. The highest BCUT2D eigenvalue weighted by Gasteiger charge is 2.21. The Hall–Kier alpha value is -2.23. The molecule has 0 fully saturated rings. The molecule has 0 heterocycles. The fourth-order valence-corrected chi connectivity index (χ4v) is 3.05. The van der Waals surface area contributed by atoms with Gasteiger partial charge in [-0.1, -0.05) is 43.6 Å². The van der Waals surface area contributed by atoms with Crippen LogP contribution in [0.15, 0.2) is 29.4 Å². The first kappa shape index (κ1) is 22.8. The first-order valence-corrected chi connectivity index (χ1v) is 9.72. The van der Waals surface area contributed by atoms with Crippen molar-refractivity contribution < 1.29 is 20.1 Å². The van der Waals surface area contributed by atoms with E-state index in [0.717, 1.165) is 31.3 Å². The summed E-state index contributed by atoms with van der Waals surface area (Å²) in [7, 11) is 0. The van der Waals surface area contributed by atoms with E-state index in [-0.39, 0.29) is 22.6 Å². The van der Waals surface area contributed by atoms with Crippen molar-refractivity contribution in [2.24, 2.45) is 5.92 Å². The van der Waals surface area contributed by atoms with Gasteiger partial charge in [-0.3, -0.25) is 0 Å². The lowest BCUT2D eigenvalue weighted by atomic mass is 9.94. The van der Waals surface area contributed by atoms with Crippen molar-refractivity contribution in [1.29, 1.82) is 0 Å². The van der Waals surface area contributed by atoms with E-state index in [9.17, 15) is 20.1 Å². The standard InChI is InChI=1S/C23H34O4/c1-15(2)8-6-10-17(5)12-13-19-20(24)14-18(11-7-9-16(3)4)21(22(19)25)23(26)27/h8,12,14,16,24-25H,6-7,9-11,13H2,1-5H3,(H,26,27)/b17-12+. The van der Waals surface area contributed by atoms with Crippen LogP contribution in [0.1, 0.15) is 81.8 Å². The fourth-order valence-electron chi connectivity index (χ4n) is 3.05. The Morgan fingerprint density at radius 1 is 1.15 bits per heavy atom. The van der Waals surface area contributed by atoms with Crippen molar-refractivity contribution in [3.8, 4) is 11.5 Å². The number of carbonyl (C=O) groups is 1. The number of hydrogen-bond acceptors (Lipinski definition) is 3. The van der Waals surface area contributed by atoms with Crippen LogP contribution in [0.2, 0.25) is 0 Å². The van der Waals surface area contributed by atoms with E-state index >= 15 is 0 Å². The van der Waals surface area contributed by atoms with Crippen LogP contribution >= 0.6 is 0 Å². The Balaban J connectivity index is 3.03. The van der Waals surface area contributed by atoms with Gasteiger partial charge in [-0.05, 0) is 70.4 Å². The van der Waals surface area contributed by atoms with Gasteiger partial charge in [0, 0.05) is 5.56 Å². The van der Waals surface area contributed by atoms with Gasteiger partial charge in [-0.25, -0.2) is 4.79 Å². The van der Waals surface area contributed by atoms with Crippen molar-refractivity contribution in [2.45, 2.75) is 73.1 Å².